The molecule has 3 rings (SSSR count). The molecule has 0 atom stereocenters. The average Bonchev–Trinajstić information content (AvgIpc) is 2.48. The number of nitrogens with zero attached hydrogens (tertiary/aromatic N) is 1. The first-order valence-corrected chi connectivity index (χ1v) is 6.82. The minimum atomic E-state index is 0.334. The highest BCUT2D eigenvalue weighted by atomic mass is 32.1. The summed E-state index contributed by atoms with van der Waals surface area (Å²) in [6.07, 6.45) is 0. The monoisotopic (exact) mass is 264 g/mol. The standard InChI is InChI=1S/C16H12N2S/c17-16-18-14(12-7-3-1-4-8-12)11-15(19-16)13-9-5-2-6-10-13/h1-11,17H. The van der Waals surface area contributed by atoms with Crippen LogP contribution in [0.4, 0.5) is 0 Å². The van der Waals surface area contributed by atoms with Crippen LogP contribution in [0.3, 0.4) is 0 Å². The van der Waals surface area contributed by atoms with Gasteiger partial charge in [-0.05, 0) is 11.6 Å². The molecule has 0 aliphatic carbocycles. The molecule has 3 aromatic rings. The molecule has 1 N–H and O–H groups in total. The lowest BCUT2D eigenvalue weighted by atomic mass is 10.1. The van der Waals surface area contributed by atoms with E-state index in [9.17, 15) is 0 Å². The third kappa shape index (κ3) is 2.61. The van der Waals surface area contributed by atoms with Crippen LogP contribution in [0.5, 0.6) is 0 Å². The van der Waals surface area contributed by atoms with Gasteiger partial charge in [0.25, 0.3) is 0 Å². The van der Waals surface area contributed by atoms with E-state index in [1.54, 1.807) is 0 Å². The SMILES string of the molecule is N=c1nc(-c2ccccc2)cc(-c2ccccc2)s1. The van der Waals surface area contributed by atoms with E-state index in [-0.39, 0.29) is 0 Å². The summed E-state index contributed by atoms with van der Waals surface area (Å²) < 4.78 is 0. The maximum absolute atomic E-state index is 7.88. The minimum absolute atomic E-state index is 0.334. The average molecular weight is 264 g/mol. The Labute approximate surface area is 115 Å². The second-order valence-corrected chi connectivity index (χ2v) is 5.18. The van der Waals surface area contributed by atoms with Gasteiger partial charge in [-0.15, -0.1) is 0 Å². The number of hydrogen-bond donors (Lipinski definition) is 1. The van der Waals surface area contributed by atoms with Gasteiger partial charge in [-0.25, -0.2) is 4.98 Å². The zero-order valence-corrected chi connectivity index (χ0v) is 11.0. The molecule has 3 heteroatoms. The second-order valence-electron chi connectivity index (χ2n) is 4.14. The highest BCUT2D eigenvalue weighted by molar-refractivity contribution is 7.12. The largest absolute Gasteiger partial charge is 0.274 e. The van der Waals surface area contributed by atoms with E-state index in [0.717, 1.165) is 21.7 Å². The van der Waals surface area contributed by atoms with Crippen LogP contribution >= 0.6 is 11.3 Å². The van der Waals surface area contributed by atoms with E-state index < -0.39 is 0 Å². The van der Waals surface area contributed by atoms with E-state index >= 15 is 0 Å². The Balaban J connectivity index is 2.15. The summed E-state index contributed by atoms with van der Waals surface area (Å²) in [5.74, 6) is 0. The number of rotatable bonds is 2. The molecular weight excluding hydrogens is 252 g/mol. The number of hydrogen-bond acceptors (Lipinski definition) is 3. The molecule has 92 valence electrons. The Morgan fingerprint density at radius 3 is 2.00 bits per heavy atom. The molecule has 0 aliphatic rings. The van der Waals surface area contributed by atoms with Gasteiger partial charge >= 0.3 is 0 Å². The van der Waals surface area contributed by atoms with Crippen LogP contribution in [0.2, 0.25) is 0 Å². The summed E-state index contributed by atoms with van der Waals surface area (Å²) >= 11 is 1.39. The highest BCUT2D eigenvalue weighted by Gasteiger charge is 2.04. The van der Waals surface area contributed by atoms with Crippen molar-refractivity contribution in [2.45, 2.75) is 0 Å². The van der Waals surface area contributed by atoms with Crippen LogP contribution in [0.25, 0.3) is 21.7 Å². The lowest BCUT2D eigenvalue weighted by Crippen LogP contribution is -2.02. The summed E-state index contributed by atoms with van der Waals surface area (Å²) in [4.78, 5) is 5.72. The molecule has 0 unspecified atom stereocenters. The van der Waals surface area contributed by atoms with Gasteiger partial charge in [0.15, 0.2) is 0 Å². The van der Waals surface area contributed by atoms with Crippen LogP contribution in [0, 0.1) is 5.41 Å². The maximum Gasteiger partial charge on any atom is 0.202 e. The molecule has 2 aromatic carbocycles. The summed E-state index contributed by atoms with van der Waals surface area (Å²) in [5, 5.41) is 7.88. The topological polar surface area (TPSA) is 36.7 Å². The van der Waals surface area contributed by atoms with E-state index in [1.165, 1.54) is 11.3 Å². The Hall–Kier alpha value is -2.26. The predicted molar refractivity (Wildman–Crippen MR) is 78.8 cm³/mol. The molecule has 1 aromatic heterocycles. The Kier molecular flexibility index (Phi) is 3.21. The molecule has 0 amide bonds. The molecule has 0 saturated carbocycles. The molecule has 0 saturated heterocycles. The van der Waals surface area contributed by atoms with Gasteiger partial charge in [-0.2, -0.15) is 0 Å². The fourth-order valence-corrected chi connectivity index (χ4v) is 2.70. The van der Waals surface area contributed by atoms with Gasteiger partial charge in [0.2, 0.25) is 4.80 Å². The van der Waals surface area contributed by atoms with Crippen molar-refractivity contribution in [3.8, 4) is 21.7 Å². The van der Waals surface area contributed by atoms with Crippen LogP contribution in [0.1, 0.15) is 0 Å². The molecule has 0 bridgehead atoms. The maximum atomic E-state index is 7.88. The quantitative estimate of drug-likeness (QED) is 0.747. The summed E-state index contributed by atoms with van der Waals surface area (Å²) in [7, 11) is 0. The van der Waals surface area contributed by atoms with Crippen LogP contribution in [-0.4, -0.2) is 4.98 Å². The first-order chi connectivity index (χ1) is 9.33. The van der Waals surface area contributed by atoms with Crippen molar-refractivity contribution < 1.29 is 0 Å². The molecule has 0 spiro atoms. The van der Waals surface area contributed by atoms with Gasteiger partial charge in [0.05, 0.1) is 5.69 Å². The Morgan fingerprint density at radius 2 is 1.37 bits per heavy atom. The van der Waals surface area contributed by atoms with Crippen molar-refractivity contribution >= 4 is 11.3 Å². The fraction of sp³-hybridized carbons (Fsp3) is 0. The van der Waals surface area contributed by atoms with Crippen LogP contribution in [0.15, 0.2) is 66.7 Å². The summed E-state index contributed by atoms with van der Waals surface area (Å²) in [6, 6.07) is 22.2. The molecule has 1 heterocycles. The van der Waals surface area contributed by atoms with Gasteiger partial charge < -0.3 is 0 Å². The smallest absolute Gasteiger partial charge is 0.202 e. The number of aromatic nitrogens is 1. The predicted octanol–water partition coefficient (Wildman–Crippen LogP) is 3.96. The molecule has 2 nitrogen and oxygen atoms in total. The normalized spacial score (nSPS) is 10.3. The van der Waals surface area contributed by atoms with Crippen molar-refractivity contribution in [2.75, 3.05) is 0 Å². The van der Waals surface area contributed by atoms with Gasteiger partial charge in [0.1, 0.15) is 0 Å². The Bertz CT molecular complexity index is 673. The van der Waals surface area contributed by atoms with Crippen molar-refractivity contribution in [1.82, 2.24) is 4.98 Å². The van der Waals surface area contributed by atoms with Crippen molar-refractivity contribution in [2.24, 2.45) is 0 Å². The van der Waals surface area contributed by atoms with Crippen LogP contribution < -0.4 is 4.80 Å². The third-order valence-electron chi connectivity index (χ3n) is 2.82. The zero-order valence-electron chi connectivity index (χ0n) is 10.2. The third-order valence-corrected chi connectivity index (χ3v) is 3.68. The van der Waals surface area contributed by atoms with Gasteiger partial charge in [0, 0.05) is 10.4 Å². The first kappa shape index (κ1) is 11.8. The lowest BCUT2D eigenvalue weighted by molar-refractivity contribution is 1.17. The van der Waals surface area contributed by atoms with Crippen LogP contribution in [-0.2, 0) is 0 Å². The van der Waals surface area contributed by atoms with Crippen molar-refractivity contribution in [3.63, 3.8) is 0 Å². The molecule has 0 aliphatic heterocycles. The zero-order chi connectivity index (χ0) is 13.1. The summed E-state index contributed by atoms with van der Waals surface area (Å²) in [6.45, 7) is 0. The van der Waals surface area contributed by atoms with E-state index in [0.29, 0.717) is 4.80 Å². The molecular formula is C16H12N2S. The van der Waals surface area contributed by atoms with Gasteiger partial charge in [-0.3, -0.25) is 5.41 Å². The van der Waals surface area contributed by atoms with Crippen molar-refractivity contribution in [1.29, 1.82) is 5.41 Å². The lowest BCUT2D eigenvalue weighted by Gasteiger charge is -2.04. The molecule has 0 fully saturated rings. The minimum Gasteiger partial charge on any atom is -0.274 e. The van der Waals surface area contributed by atoms with E-state index in [1.807, 2.05) is 54.6 Å². The van der Waals surface area contributed by atoms with E-state index in [2.05, 4.69) is 17.1 Å². The van der Waals surface area contributed by atoms with E-state index in [4.69, 9.17) is 5.41 Å². The van der Waals surface area contributed by atoms with Crippen molar-refractivity contribution in [3.05, 3.63) is 71.5 Å². The first-order valence-electron chi connectivity index (χ1n) is 6.00. The highest BCUT2D eigenvalue weighted by Crippen LogP contribution is 2.25. The molecule has 0 radical (unpaired) electrons. The number of benzene rings is 2. The molecule has 19 heavy (non-hydrogen) atoms. The fourth-order valence-electron chi connectivity index (χ4n) is 1.92. The second kappa shape index (κ2) is 5.16. The summed E-state index contributed by atoms with van der Waals surface area (Å²) in [5.41, 5.74) is 3.02. The number of nitrogens with one attached hydrogen (secondary N) is 1. The van der Waals surface area contributed by atoms with Gasteiger partial charge in [-0.1, -0.05) is 72.0 Å². The Morgan fingerprint density at radius 1 is 0.789 bits per heavy atom.